The first-order valence-electron chi connectivity index (χ1n) is 7.70. The molecule has 2 N–H and O–H groups in total. The second kappa shape index (κ2) is 5.99. The maximum absolute atomic E-state index is 13.4. The Morgan fingerprint density at radius 2 is 1.96 bits per heavy atom. The van der Waals surface area contributed by atoms with Crippen LogP contribution in [0.2, 0.25) is 0 Å². The third-order valence-corrected chi connectivity index (χ3v) is 4.15. The molecule has 1 saturated carbocycles. The van der Waals surface area contributed by atoms with Gasteiger partial charge in [-0.1, -0.05) is 6.07 Å². The molecule has 1 aliphatic carbocycles. The van der Waals surface area contributed by atoms with Crippen LogP contribution in [0.4, 0.5) is 14.9 Å². The minimum absolute atomic E-state index is 0.0813. The van der Waals surface area contributed by atoms with Crippen LogP contribution in [0, 0.1) is 6.92 Å². The van der Waals surface area contributed by atoms with Gasteiger partial charge in [0, 0.05) is 37.0 Å². The van der Waals surface area contributed by atoms with Crippen LogP contribution in [0.1, 0.15) is 25.3 Å². The Kier molecular flexibility index (Phi) is 4.03. The molecule has 4 nitrogen and oxygen atoms in total. The van der Waals surface area contributed by atoms with Gasteiger partial charge in [-0.05, 0) is 54.8 Å². The van der Waals surface area contributed by atoms with Gasteiger partial charge in [0.15, 0.2) is 0 Å². The highest BCUT2D eigenvalue weighted by Crippen LogP contribution is 2.35. The maximum Gasteiger partial charge on any atom is 0.319 e. The Morgan fingerprint density at radius 1 is 1.26 bits per heavy atom. The summed E-state index contributed by atoms with van der Waals surface area (Å²) < 4.78 is 13.4. The largest absolute Gasteiger partial charge is 0.335 e. The molecule has 5 heteroatoms. The molecule has 2 aromatic rings. The van der Waals surface area contributed by atoms with Crippen molar-refractivity contribution >= 4 is 11.7 Å². The number of carbonyl (C=O) groups is 1. The molecular weight excluding hydrogens is 293 g/mol. The van der Waals surface area contributed by atoms with E-state index >= 15 is 0 Å². The molecule has 120 valence electrons. The van der Waals surface area contributed by atoms with Crippen LogP contribution in [-0.2, 0) is 0 Å². The first kappa shape index (κ1) is 15.5. The van der Waals surface area contributed by atoms with Gasteiger partial charge in [0.1, 0.15) is 5.67 Å². The maximum atomic E-state index is 13.4. The zero-order valence-electron chi connectivity index (χ0n) is 13.3. The van der Waals surface area contributed by atoms with Crippen molar-refractivity contribution < 1.29 is 9.18 Å². The van der Waals surface area contributed by atoms with Crippen molar-refractivity contribution in [3.8, 4) is 11.1 Å². The molecule has 0 aliphatic heterocycles. The summed E-state index contributed by atoms with van der Waals surface area (Å²) in [7, 11) is 0. The number of amides is 2. The summed E-state index contributed by atoms with van der Waals surface area (Å²) in [5, 5.41) is 5.59. The van der Waals surface area contributed by atoms with E-state index in [2.05, 4.69) is 15.6 Å². The summed E-state index contributed by atoms with van der Waals surface area (Å²) in [5.41, 5.74) is 2.84. The van der Waals surface area contributed by atoms with Crippen LogP contribution >= 0.6 is 0 Å². The standard InChI is InChI=1S/C18H20FN3O/c1-12-9-14(3-4-16(12)13-5-7-20-8-6-13)21-17(23)22-15-10-18(2,19)11-15/h3-9,15H,10-11H2,1-2H3,(H2,21,22,23). The van der Waals surface area contributed by atoms with E-state index in [1.807, 2.05) is 37.3 Å². The zero-order chi connectivity index (χ0) is 16.4. The topological polar surface area (TPSA) is 54.0 Å². The van der Waals surface area contributed by atoms with Gasteiger partial charge in [0.25, 0.3) is 0 Å². The highest BCUT2D eigenvalue weighted by Gasteiger charge is 2.41. The van der Waals surface area contributed by atoms with Gasteiger partial charge in [0.2, 0.25) is 0 Å². The van der Waals surface area contributed by atoms with E-state index in [0.717, 1.165) is 22.4 Å². The molecule has 0 saturated heterocycles. The average Bonchev–Trinajstić information content (AvgIpc) is 2.46. The van der Waals surface area contributed by atoms with Crippen LogP contribution in [0.25, 0.3) is 11.1 Å². The highest BCUT2D eigenvalue weighted by molar-refractivity contribution is 5.90. The Labute approximate surface area is 135 Å². The first-order valence-corrected chi connectivity index (χ1v) is 7.70. The molecule has 1 aromatic carbocycles. The predicted octanol–water partition coefficient (Wildman–Crippen LogP) is 4.07. The van der Waals surface area contributed by atoms with Gasteiger partial charge in [-0.3, -0.25) is 4.98 Å². The number of carbonyl (C=O) groups excluding carboxylic acids is 1. The fraction of sp³-hybridized carbons (Fsp3) is 0.333. The van der Waals surface area contributed by atoms with Gasteiger partial charge in [-0.15, -0.1) is 0 Å². The van der Waals surface area contributed by atoms with Gasteiger partial charge in [-0.2, -0.15) is 0 Å². The van der Waals surface area contributed by atoms with Crippen molar-refractivity contribution in [1.29, 1.82) is 0 Å². The lowest BCUT2D eigenvalue weighted by Crippen LogP contribution is -2.52. The Bertz CT molecular complexity index is 707. The number of hydrogen-bond donors (Lipinski definition) is 2. The van der Waals surface area contributed by atoms with Crippen molar-refractivity contribution in [2.75, 3.05) is 5.32 Å². The van der Waals surface area contributed by atoms with Crippen LogP contribution in [0.15, 0.2) is 42.7 Å². The van der Waals surface area contributed by atoms with E-state index in [9.17, 15) is 9.18 Å². The summed E-state index contributed by atoms with van der Waals surface area (Å²) in [6.45, 7) is 3.56. The number of aromatic nitrogens is 1. The smallest absolute Gasteiger partial charge is 0.319 e. The van der Waals surface area contributed by atoms with E-state index in [1.54, 1.807) is 19.3 Å². The minimum Gasteiger partial charge on any atom is -0.335 e. The molecule has 0 radical (unpaired) electrons. The monoisotopic (exact) mass is 313 g/mol. The van der Waals surface area contributed by atoms with Crippen LogP contribution < -0.4 is 10.6 Å². The van der Waals surface area contributed by atoms with E-state index in [-0.39, 0.29) is 12.1 Å². The number of rotatable bonds is 3. The van der Waals surface area contributed by atoms with Gasteiger partial charge >= 0.3 is 6.03 Å². The molecule has 1 aliphatic rings. The van der Waals surface area contributed by atoms with Crippen molar-refractivity contribution in [1.82, 2.24) is 10.3 Å². The molecule has 3 rings (SSSR count). The summed E-state index contributed by atoms with van der Waals surface area (Å²) in [6.07, 6.45) is 4.26. The molecule has 1 aromatic heterocycles. The van der Waals surface area contributed by atoms with Gasteiger partial charge < -0.3 is 10.6 Å². The number of alkyl halides is 1. The number of aryl methyl sites for hydroxylation is 1. The lowest BCUT2D eigenvalue weighted by Gasteiger charge is -2.38. The molecule has 2 amide bonds. The van der Waals surface area contributed by atoms with Crippen LogP contribution in [-0.4, -0.2) is 22.7 Å². The number of nitrogens with one attached hydrogen (secondary N) is 2. The number of urea groups is 1. The fourth-order valence-corrected chi connectivity index (χ4v) is 3.02. The van der Waals surface area contributed by atoms with Crippen molar-refractivity contribution in [3.63, 3.8) is 0 Å². The predicted molar refractivity (Wildman–Crippen MR) is 89.1 cm³/mol. The summed E-state index contributed by atoms with van der Waals surface area (Å²) in [5.74, 6) is 0. The molecule has 23 heavy (non-hydrogen) atoms. The SMILES string of the molecule is Cc1cc(NC(=O)NC2CC(C)(F)C2)ccc1-c1ccncc1. The second-order valence-corrected chi connectivity index (χ2v) is 6.38. The molecule has 0 unspecified atom stereocenters. The van der Waals surface area contributed by atoms with Gasteiger partial charge in [0.05, 0.1) is 0 Å². The number of pyridine rings is 1. The Balaban J connectivity index is 1.63. The van der Waals surface area contributed by atoms with E-state index in [0.29, 0.717) is 12.8 Å². The second-order valence-electron chi connectivity index (χ2n) is 6.38. The molecule has 0 spiro atoms. The van der Waals surface area contributed by atoms with Gasteiger partial charge in [-0.25, -0.2) is 9.18 Å². The number of nitrogens with zero attached hydrogens (tertiary/aromatic N) is 1. The van der Waals surface area contributed by atoms with E-state index in [1.165, 1.54) is 0 Å². The summed E-state index contributed by atoms with van der Waals surface area (Å²) >= 11 is 0. The molecule has 0 bridgehead atoms. The van der Waals surface area contributed by atoms with E-state index in [4.69, 9.17) is 0 Å². The van der Waals surface area contributed by atoms with Crippen molar-refractivity contribution in [3.05, 3.63) is 48.3 Å². The number of hydrogen-bond acceptors (Lipinski definition) is 2. The fourth-order valence-electron chi connectivity index (χ4n) is 3.02. The molecule has 0 atom stereocenters. The quantitative estimate of drug-likeness (QED) is 0.897. The highest BCUT2D eigenvalue weighted by atomic mass is 19.1. The first-order chi connectivity index (χ1) is 10.9. The Morgan fingerprint density at radius 3 is 2.57 bits per heavy atom. The average molecular weight is 313 g/mol. The normalized spacial score (nSPS) is 23.0. The van der Waals surface area contributed by atoms with Crippen molar-refractivity contribution in [2.45, 2.75) is 38.4 Å². The van der Waals surface area contributed by atoms with Crippen LogP contribution in [0.5, 0.6) is 0 Å². The molecular formula is C18H20FN3O. The zero-order valence-corrected chi connectivity index (χ0v) is 13.3. The minimum atomic E-state index is -1.14. The third-order valence-electron chi connectivity index (χ3n) is 4.15. The lowest BCUT2D eigenvalue weighted by molar-refractivity contribution is 0.0534. The summed E-state index contributed by atoms with van der Waals surface area (Å²) in [4.78, 5) is 16.0. The Hall–Kier alpha value is -2.43. The number of benzene rings is 1. The van der Waals surface area contributed by atoms with Crippen molar-refractivity contribution in [2.24, 2.45) is 0 Å². The lowest BCUT2D eigenvalue weighted by atomic mass is 9.79. The number of halogens is 1. The van der Waals surface area contributed by atoms with E-state index < -0.39 is 5.67 Å². The molecule has 1 fully saturated rings. The molecule has 1 heterocycles. The number of anilines is 1. The third kappa shape index (κ3) is 3.67. The summed E-state index contributed by atoms with van der Waals surface area (Å²) in [6, 6.07) is 9.29. The van der Waals surface area contributed by atoms with Crippen LogP contribution in [0.3, 0.4) is 0 Å².